The molecule has 0 spiro atoms. The molecule has 210 valence electrons. The second-order valence-electron chi connectivity index (χ2n) is 8.69. The Morgan fingerprint density at radius 3 is 1.30 bits per heavy atom. The highest BCUT2D eigenvalue weighted by Gasteiger charge is 2.26. The number of aromatic nitrogens is 2. The zero-order chi connectivity index (χ0) is 29.5. The number of pyridine rings is 2. The third kappa shape index (κ3) is 6.61. The summed E-state index contributed by atoms with van der Waals surface area (Å²) < 4.78 is 101. The molecule has 0 amide bonds. The maximum atomic E-state index is 11.6. The predicted molar refractivity (Wildman–Crippen MR) is 136 cm³/mol. The summed E-state index contributed by atoms with van der Waals surface area (Å²) in [4.78, 5) is -2.71. The molecular formula is C24H22N2O11S3+2. The maximum absolute atomic E-state index is 11.6. The maximum Gasteiger partial charge on any atom is 0.298 e. The lowest BCUT2D eigenvalue weighted by atomic mass is 10.1. The molecule has 2 aromatic heterocycles. The summed E-state index contributed by atoms with van der Waals surface area (Å²) in [7, 11) is -14.6. The minimum absolute atomic E-state index is 0.0583. The van der Waals surface area contributed by atoms with Crippen LogP contribution in [0.4, 0.5) is 0 Å². The molecule has 2 aromatic carbocycles. The van der Waals surface area contributed by atoms with Crippen molar-refractivity contribution >= 4 is 30.4 Å². The molecule has 4 rings (SSSR count). The standard InChI is InChI=1S/C24H20N2O11S3/c27-20-2-1-16(11-21(20)38(29,30)31)14-25-7-3-18(4-8-25)19-5-9-26(10-6-19)15-17-12-22(39(32,33)34)24(28)23(13-17)40(35,36)37/h1-13H,14-15H2,(H3-2,27,28,29,30,31,32,33,34,35,36,37)/p+2. The minimum Gasteiger partial charge on any atom is -0.506 e. The average Bonchev–Trinajstić information content (AvgIpc) is 2.85. The first-order chi connectivity index (χ1) is 18.5. The minimum atomic E-state index is -4.99. The molecule has 0 fully saturated rings. The fourth-order valence-corrected chi connectivity index (χ4v) is 5.92. The van der Waals surface area contributed by atoms with Crippen LogP contribution < -0.4 is 9.13 Å². The Hall–Kier alpha value is -3.93. The summed E-state index contributed by atoms with van der Waals surface area (Å²) in [6.07, 6.45) is 6.72. The van der Waals surface area contributed by atoms with Gasteiger partial charge in [-0.15, -0.1) is 0 Å². The zero-order valence-electron chi connectivity index (χ0n) is 20.2. The lowest BCUT2D eigenvalue weighted by Crippen LogP contribution is -2.33. The molecule has 0 saturated heterocycles. The van der Waals surface area contributed by atoms with E-state index in [1.807, 2.05) is 0 Å². The van der Waals surface area contributed by atoms with E-state index in [0.29, 0.717) is 5.56 Å². The number of hydrogen-bond acceptors (Lipinski definition) is 8. The zero-order valence-corrected chi connectivity index (χ0v) is 22.7. The van der Waals surface area contributed by atoms with Gasteiger partial charge in [0.15, 0.2) is 43.6 Å². The van der Waals surface area contributed by atoms with E-state index in [4.69, 9.17) is 0 Å². The first-order valence-electron chi connectivity index (χ1n) is 11.1. The molecule has 0 aliphatic heterocycles. The van der Waals surface area contributed by atoms with E-state index in [9.17, 15) is 49.1 Å². The van der Waals surface area contributed by atoms with E-state index in [1.54, 1.807) is 58.2 Å². The van der Waals surface area contributed by atoms with Gasteiger partial charge in [-0.2, -0.15) is 25.3 Å². The van der Waals surface area contributed by atoms with Crippen LogP contribution in [0.1, 0.15) is 11.1 Å². The van der Waals surface area contributed by atoms with Crippen molar-refractivity contribution in [3.63, 3.8) is 0 Å². The van der Waals surface area contributed by atoms with Gasteiger partial charge < -0.3 is 10.2 Å². The summed E-state index contributed by atoms with van der Waals surface area (Å²) in [5.74, 6) is -1.85. The van der Waals surface area contributed by atoms with E-state index >= 15 is 0 Å². The largest absolute Gasteiger partial charge is 0.506 e. The van der Waals surface area contributed by atoms with E-state index < -0.39 is 56.5 Å². The third-order valence-corrected chi connectivity index (χ3v) is 8.42. The van der Waals surface area contributed by atoms with E-state index in [0.717, 1.165) is 23.3 Å². The smallest absolute Gasteiger partial charge is 0.298 e. The Balaban J connectivity index is 1.54. The fraction of sp³-hybridized carbons (Fsp3) is 0.0833. The molecule has 0 aliphatic rings. The van der Waals surface area contributed by atoms with Gasteiger partial charge in [-0.1, -0.05) is 0 Å². The van der Waals surface area contributed by atoms with Crippen LogP contribution in [0.25, 0.3) is 11.1 Å². The normalized spacial score (nSPS) is 12.4. The van der Waals surface area contributed by atoms with E-state index in [1.165, 1.54) is 18.2 Å². The van der Waals surface area contributed by atoms with Crippen molar-refractivity contribution in [2.24, 2.45) is 0 Å². The van der Waals surface area contributed by atoms with Gasteiger partial charge >= 0.3 is 0 Å². The Bertz CT molecular complexity index is 1870. The van der Waals surface area contributed by atoms with Crippen molar-refractivity contribution in [2.75, 3.05) is 0 Å². The van der Waals surface area contributed by atoms with Crippen LogP contribution in [0.5, 0.6) is 11.5 Å². The van der Waals surface area contributed by atoms with Gasteiger partial charge in [0.25, 0.3) is 30.4 Å². The first kappa shape index (κ1) is 29.1. The molecule has 0 aliphatic carbocycles. The summed E-state index contributed by atoms with van der Waals surface area (Å²) in [6, 6.07) is 12.7. The molecule has 2 heterocycles. The van der Waals surface area contributed by atoms with Gasteiger partial charge in [0.05, 0.1) is 0 Å². The van der Waals surface area contributed by atoms with Crippen molar-refractivity contribution in [3.8, 4) is 22.6 Å². The van der Waals surface area contributed by atoms with Crippen LogP contribution >= 0.6 is 0 Å². The lowest BCUT2D eigenvalue weighted by molar-refractivity contribution is -0.688. The van der Waals surface area contributed by atoms with Crippen LogP contribution in [-0.2, 0) is 43.4 Å². The molecule has 13 nitrogen and oxygen atoms in total. The molecule has 16 heteroatoms. The molecular weight excluding hydrogens is 588 g/mol. The molecule has 0 saturated carbocycles. The Kier molecular flexibility index (Phi) is 7.68. The molecule has 0 radical (unpaired) electrons. The lowest BCUT2D eigenvalue weighted by Gasteiger charge is -2.08. The van der Waals surface area contributed by atoms with Gasteiger partial charge in [0.1, 0.15) is 20.4 Å². The molecule has 0 bridgehead atoms. The average molecular weight is 611 g/mol. The van der Waals surface area contributed by atoms with Crippen LogP contribution in [0.2, 0.25) is 0 Å². The molecule has 5 N–H and O–H groups in total. The van der Waals surface area contributed by atoms with Crippen molar-refractivity contribution < 1.29 is 58.3 Å². The molecule has 40 heavy (non-hydrogen) atoms. The Morgan fingerprint density at radius 2 is 0.900 bits per heavy atom. The van der Waals surface area contributed by atoms with Gasteiger partial charge in [-0.05, 0) is 41.5 Å². The van der Waals surface area contributed by atoms with Gasteiger partial charge in [-0.3, -0.25) is 13.7 Å². The summed E-state index contributed by atoms with van der Waals surface area (Å²) in [6.45, 7) is 0.181. The van der Waals surface area contributed by atoms with Crippen molar-refractivity contribution in [1.29, 1.82) is 0 Å². The monoisotopic (exact) mass is 610 g/mol. The molecule has 4 aromatic rings. The van der Waals surface area contributed by atoms with E-state index in [-0.39, 0.29) is 18.7 Å². The second kappa shape index (κ2) is 10.6. The SMILES string of the molecule is O=S(=O)(O)c1cc(C[n+]2ccc(-c3cc[n+](Cc4cc(S(=O)(=O)O)c(O)c(S(=O)(=O)O)c4)cc3)cc2)ccc1O. The van der Waals surface area contributed by atoms with Crippen LogP contribution in [-0.4, -0.2) is 49.1 Å². The molecule has 0 unspecified atom stereocenters. The van der Waals surface area contributed by atoms with Crippen molar-refractivity contribution in [2.45, 2.75) is 27.8 Å². The van der Waals surface area contributed by atoms with Gasteiger partial charge in [0, 0.05) is 35.4 Å². The highest BCUT2D eigenvalue weighted by molar-refractivity contribution is 7.87. The number of phenolic OH excluding ortho intramolecular Hbond substituents is 2. The summed E-state index contributed by atoms with van der Waals surface area (Å²) in [5.41, 5.74) is 2.17. The number of phenols is 2. The third-order valence-electron chi connectivity index (χ3n) is 5.80. The van der Waals surface area contributed by atoms with Crippen LogP contribution in [0.15, 0.2) is 94.1 Å². The Labute approximate surface area is 229 Å². The van der Waals surface area contributed by atoms with Crippen LogP contribution in [0.3, 0.4) is 0 Å². The van der Waals surface area contributed by atoms with Gasteiger partial charge in [-0.25, -0.2) is 9.13 Å². The highest BCUT2D eigenvalue weighted by atomic mass is 32.2. The molecule has 0 atom stereocenters. The number of nitrogens with zero attached hydrogens (tertiary/aromatic N) is 2. The first-order valence-corrected chi connectivity index (χ1v) is 15.4. The number of rotatable bonds is 8. The van der Waals surface area contributed by atoms with Gasteiger partial charge in [0.2, 0.25) is 0 Å². The Morgan fingerprint density at radius 1 is 0.525 bits per heavy atom. The van der Waals surface area contributed by atoms with E-state index in [2.05, 4.69) is 0 Å². The number of benzene rings is 2. The summed E-state index contributed by atoms with van der Waals surface area (Å²) >= 11 is 0. The second-order valence-corrected chi connectivity index (χ2v) is 12.9. The van der Waals surface area contributed by atoms with Crippen molar-refractivity contribution in [3.05, 3.63) is 90.5 Å². The number of hydrogen-bond donors (Lipinski definition) is 5. The summed E-state index contributed by atoms with van der Waals surface area (Å²) in [5, 5.41) is 19.6. The quantitative estimate of drug-likeness (QED) is 0.141. The number of aromatic hydroxyl groups is 2. The highest BCUT2D eigenvalue weighted by Crippen LogP contribution is 2.32. The van der Waals surface area contributed by atoms with Crippen molar-refractivity contribution in [1.82, 2.24) is 0 Å². The topological polar surface area (TPSA) is 211 Å². The van der Waals surface area contributed by atoms with Crippen LogP contribution in [0, 0.1) is 0 Å². The predicted octanol–water partition coefficient (Wildman–Crippen LogP) is 1.18. The fourth-order valence-electron chi connectivity index (χ4n) is 3.92.